The van der Waals surface area contributed by atoms with Crippen molar-refractivity contribution >= 4 is 5.91 Å². The SMILES string of the molecule is CC(NCC1COc2ccccc21)C(=O)N1CCCCC1. The van der Waals surface area contributed by atoms with Crippen LogP contribution in [0.5, 0.6) is 5.75 Å². The summed E-state index contributed by atoms with van der Waals surface area (Å²) in [4.78, 5) is 14.4. The van der Waals surface area contributed by atoms with E-state index in [1.807, 2.05) is 30.0 Å². The zero-order valence-corrected chi connectivity index (χ0v) is 12.7. The molecule has 1 saturated heterocycles. The molecule has 1 amide bonds. The van der Waals surface area contributed by atoms with Crippen LogP contribution in [0, 0.1) is 0 Å². The molecule has 2 atom stereocenters. The summed E-state index contributed by atoms with van der Waals surface area (Å²) in [5, 5.41) is 3.39. The van der Waals surface area contributed by atoms with Crippen molar-refractivity contribution < 1.29 is 9.53 Å². The summed E-state index contributed by atoms with van der Waals surface area (Å²) in [6, 6.07) is 8.06. The predicted octanol–water partition coefficient (Wildman–Crippen LogP) is 2.15. The largest absolute Gasteiger partial charge is 0.493 e. The van der Waals surface area contributed by atoms with Crippen molar-refractivity contribution in [3.05, 3.63) is 29.8 Å². The highest BCUT2D eigenvalue weighted by atomic mass is 16.5. The van der Waals surface area contributed by atoms with Crippen molar-refractivity contribution in [3.8, 4) is 5.75 Å². The molecule has 1 aromatic rings. The fraction of sp³-hybridized carbons (Fsp3) is 0.588. The van der Waals surface area contributed by atoms with Crippen molar-refractivity contribution in [2.24, 2.45) is 0 Å². The van der Waals surface area contributed by atoms with Crippen molar-refractivity contribution in [3.63, 3.8) is 0 Å². The second-order valence-electron chi connectivity index (χ2n) is 6.06. The first-order chi connectivity index (χ1) is 10.3. The third-order valence-electron chi connectivity index (χ3n) is 4.51. The lowest BCUT2D eigenvalue weighted by Crippen LogP contribution is -2.47. The molecule has 2 aliphatic heterocycles. The number of amides is 1. The number of nitrogens with zero attached hydrogens (tertiary/aromatic N) is 1. The summed E-state index contributed by atoms with van der Waals surface area (Å²) in [5.41, 5.74) is 1.25. The Balaban J connectivity index is 1.52. The minimum Gasteiger partial charge on any atom is -0.493 e. The summed E-state index contributed by atoms with van der Waals surface area (Å²) in [5.74, 6) is 1.57. The van der Waals surface area contributed by atoms with Gasteiger partial charge in [0.25, 0.3) is 0 Å². The molecule has 1 aromatic carbocycles. The van der Waals surface area contributed by atoms with Gasteiger partial charge >= 0.3 is 0 Å². The van der Waals surface area contributed by atoms with E-state index in [2.05, 4.69) is 11.4 Å². The van der Waals surface area contributed by atoms with Gasteiger partial charge in [0, 0.05) is 31.1 Å². The van der Waals surface area contributed by atoms with Gasteiger partial charge in [0.1, 0.15) is 5.75 Å². The molecular weight excluding hydrogens is 264 g/mol. The van der Waals surface area contributed by atoms with Crippen molar-refractivity contribution in [2.75, 3.05) is 26.2 Å². The van der Waals surface area contributed by atoms with Gasteiger partial charge in [-0.25, -0.2) is 0 Å². The number of para-hydroxylation sites is 1. The molecule has 0 spiro atoms. The number of rotatable bonds is 4. The van der Waals surface area contributed by atoms with Crippen LogP contribution < -0.4 is 10.1 Å². The number of nitrogens with one attached hydrogen (secondary N) is 1. The predicted molar refractivity (Wildman–Crippen MR) is 82.6 cm³/mol. The van der Waals surface area contributed by atoms with E-state index in [0.29, 0.717) is 12.5 Å². The Labute approximate surface area is 126 Å². The van der Waals surface area contributed by atoms with Crippen LogP contribution in [-0.2, 0) is 4.79 Å². The van der Waals surface area contributed by atoms with E-state index in [1.54, 1.807) is 0 Å². The lowest BCUT2D eigenvalue weighted by Gasteiger charge is -2.29. The van der Waals surface area contributed by atoms with Crippen LogP contribution in [0.25, 0.3) is 0 Å². The van der Waals surface area contributed by atoms with Gasteiger partial charge in [0.2, 0.25) is 5.91 Å². The Morgan fingerprint density at radius 1 is 1.33 bits per heavy atom. The fourth-order valence-corrected chi connectivity index (χ4v) is 3.19. The molecule has 3 rings (SSSR count). The van der Waals surface area contributed by atoms with Crippen LogP contribution in [-0.4, -0.2) is 43.1 Å². The Hall–Kier alpha value is -1.55. The smallest absolute Gasteiger partial charge is 0.239 e. The van der Waals surface area contributed by atoms with E-state index in [0.717, 1.165) is 38.2 Å². The molecule has 2 unspecified atom stereocenters. The average molecular weight is 288 g/mol. The topological polar surface area (TPSA) is 41.6 Å². The third kappa shape index (κ3) is 3.21. The first-order valence-corrected chi connectivity index (χ1v) is 7.99. The fourth-order valence-electron chi connectivity index (χ4n) is 3.19. The van der Waals surface area contributed by atoms with Gasteiger partial charge in [-0.1, -0.05) is 18.2 Å². The van der Waals surface area contributed by atoms with Crippen LogP contribution >= 0.6 is 0 Å². The van der Waals surface area contributed by atoms with Gasteiger partial charge < -0.3 is 15.0 Å². The van der Waals surface area contributed by atoms with E-state index in [9.17, 15) is 4.79 Å². The summed E-state index contributed by atoms with van der Waals surface area (Å²) in [6.07, 6.45) is 3.53. The quantitative estimate of drug-likeness (QED) is 0.923. The Morgan fingerprint density at radius 2 is 2.10 bits per heavy atom. The summed E-state index contributed by atoms with van der Waals surface area (Å²) in [7, 11) is 0. The van der Waals surface area contributed by atoms with Gasteiger partial charge in [0.15, 0.2) is 0 Å². The molecule has 114 valence electrons. The Bertz CT molecular complexity index is 497. The maximum absolute atomic E-state index is 12.4. The summed E-state index contributed by atoms with van der Waals surface area (Å²) >= 11 is 0. The van der Waals surface area contributed by atoms with E-state index >= 15 is 0 Å². The van der Waals surface area contributed by atoms with Gasteiger partial charge in [-0.2, -0.15) is 0 Å². The van der Waals surface area contributed by atoms with E-state index in [-0.39, 0.29) is 11.9 Å². The van der Waals surface area contributed by atoms with Gasteiger partial charge in [-0.3, -0.25) is 4.79 Å². The van der Waals surface area contributed by atoms with Crippen LogP contribution in [0.4, 0.5) is 0 Å². The maximum Gasteiger partial charge on any atom is 0.239 e. The molecule has 0 radical (unpaired) electrons. The van der Waals surface area contributed by atoms with Gasteiger partial charge in [0.05, 0.1) is 12.6 Å². The molecular formula is C17H24N2O2. The number of fused-ring (bicyclic) bond motifs is 1. The van der Waals surface area contributed by atoms with Crippen molar-refractivity contribution in [2.45, 2.75) is 38.1 Å². The molecule has 0 aromatic heterocycles. The van der Waals surface area contributed by atoms with Crippen LogP contribution in [0.1, 0.15) is 37.7 Å². The number of hydrogen-bond acceptors (Lipinski definition) is 3. The maximum atomic E-state index is 12.4. The van der Waals surface area contributed by atoms with E-state index in [4.69, 9.17) is 4.74 Å². The number of piperidine rings is 1. The molecule has 0 saturated carbocycles. The number of hydrogen-bond donors (Lipinski definition) is 1. The molecule has 1 fully saturated rings. The van der Waals surface area contributed by atoms with Crippen LogP contribution in [0.2, 0.25) is 0 Å². The summed E-state index contributed by atoms with van der Waals surface area (Å²) < 4.78 is 5.68. The molecule has 4 heteroatoms. The number of carbonyl (C=O) groups excluding carboxylic acids is 1. The number of benzene rings is 1. The highest BCUT2D eigenvalue weighted by Crippen LogP contribution is 2.32. The van der Waals surface area contributed by atoms with E-state index in [1.165, 1.54) is 12.0 Å². The number of likely N-dealkylation sites (tertiary alicyclic amines) is 1. The van der Waals surface area contributed by atoms with Crippen molar-refractivity contribution in [1.29, 1.82) is 0 Å². The standard InChI is InChI=1S/C17H24N2O2/c1-13(17(20)19-9-5-2-6-10-19)18-11-14-12-21-16-8-4-3-7-15(14)16/h3-4,7-8,13-14,18H,2,5-6,9-12H2,1H3. The number of ether oxygens (including phenoxy) is 1. The highest BCUT2D eigenvalue weighted by Gasteiger charge is 2.26. The molecule has 4 nitrogen and oxygen atoms in total. The van der Waals surface area contributed by atoms with Crippen LogP contribution in [0.15, 0.2) is 24.3 Å². The number of carbonyl (C=O) groups is 1. The second-order valence-corrected chi connectivity index (χ2v) is 6.06. The molecule has 0 bridgehead atoms. The highest BCUT2D eigenvalue weighted by molar-refractivity contribution is 5.81. The minimum absolute atomic E-state index is 0.115. The van der Waals surface area contributed by atoms with Crippen LogP contribution in [0.3, 0.4) is 0 Å². The second kappa shape index (κ2) is 6.48. The van der Waals surface area contributed by atoms with Gasteiger partial charge in [-0.05, 0) is 32.3 Å². The first-order valence-electron chi connectivity index (χ1n) is 7.99. The average Bonchev–Trinajstić information content (AvgIpc) is 2.96. The lowest BCUT2D eigenvalue weighted by atomic mass is 10.0. The minimum atomic E-state index is -0.115. The molecule has 1 N–H and O–H groups in total. The monoisotopic (exact) mass is 288 g/mol. The lowest BCUT2D eigenvalue weighted by molar-refractivity contribution is -0.133. The van der Waals surface area contributed by atoms with Crippen molar-refractivity contribution in [1.82, 2.24) is 10.2 Å². The summed E-state index contributed by atoms with van der Waals surface area (Å²) in [6.45, 7) is 5.30. The zero-order chi connectivity index (χ0) is 14.7. The Morgan fingerprint density at radius 3 is 2.90 bits per heavy atom. The van der Waals surface area contributed by atoms with Gasteiger partial charge in [-0.15, -0.1) is 0 Å². The molecule has 2 heterocycles. The Kier molecular flexibility index (Phi) is 4.44. The van der Waals surface area contributed by atoms with E-state index < -0.39 is 0 Å². The molecule has 21 heavy (non-hydrogen) atoms. The third-order valence-corrected chi connectivity index (χ3v) is 4.51. The molecule has 0 aliphatic carbocycles. The molecule has 2 aliphatic rings. The zero-order valence-electron chi connectivity index (χ0n) is 12.7. The normalized spacial score (nSPS) is 22.5. The first kappa shape index (κ1) is 14.4.